The van der Waals surface area contributed by atoms with Crippen molar-refractivity contribution in [3.63, 3.8) is 0 Å². The van der Waals surface area contributed by atoms with Crippen LogP contribution in [0.25, 0.3) is 21.7 Å². The van der Waals surface area contributed by atoms with Gasteiger partial charge in [-0.05, 0) is 25.1 Å². The number of pyridine rings is 1. The summed E-state index contributed by atoms with van der Waals surface area (Å²) >= 11 is 6.28. The highest BCUT2D eigenvalue weighted by atomic mass is 35.5. The van der Waals surface area contributed by atoms with E-state index in [1.165, 1.54) is 5.52 Å². The molecule has 1 aromatic carbocycles. The van der Waals surface area contributed by atoms with Crippen LogP contribution in [-0.2, 0) is 6.54 Å². The lowest BCUT2D eigenvalue weighted by molar-refractivity contribution is 0.606. The second-order valence-electron chi connectivity index (χ2n) is 4.66. The molecule has 92 valence electrons. The summed E-state index contributed by atoms with van der Waals surface area (Å²) in [5.41, 5.74) is 7.06. The number of rotatable bonds is 2. The topological polar surface area (TPSA) is 43.8 Å². The molecule has 0 radical (unpaired) electrons. The Morgan fingerprint density at radius 3 is 3.00 bits per heavy atom. The van der Waals surface area contributed by atoms with Crippen LogP contribution in [0.2, 0.25) is 5.02 Å². The van der Waals surface area contributed by atoms with Crippen LogP contribution in [0.4, 0.5) is 0 Å². The Morgan fingerprint density at radius 1 is 1.39 bits per heavy atom. The molecule has 2 N–H and O–H groups in total. The van der Waals surface area contributed by atoms with E-state index in [9.17, 15) is 0 Å². The number of nitrogens with zero attached hydrogens (tertiary/aromatic N) is 2. The summed E-state index contributed by atoms with van der Waals surface area (Å²) in [6, 6.07) is 6.18. The van der Waals surface area contributed by atoms with Crippen molar-refractivity contribution in [2.75, 3.05) is 0 Å². The normalized spacial score (nSPS) is 13.3. The largest absolute Gasteiger partial charge is 0.345 e. The van der Waals surface area contributed by atoms with Gasteiger partial charge in [0.2, 0.25) is 0 Å². The molecule has 2 aromatic heterocycles. The summed E-state index contributed by atoms with van der Waals surface area (Å²) in [7, 11) is 0. The molecular formula is C14H14ClN3. The number of aromatic nitrogens is 2. The molecule has 4 heteroatoms. The molecule has 0 aliphatic rings. The molecule has 0 aliphatic heterocycles. The summed E-state index contributed by atoms with van der Waals surface area (Å²) in [6.45, 7) is 2.80. The molecule has 3 aromatic rings. The number of hydrogen-bond donors (Lipinski definition) is 1. The maximum absolute atomic E-state index is 6.28. The quantitative estimate of drug-likeness (QED) is 0.768. The zero-order valence-corrected chi connectivity index (χ0v) is 10.9. The second kappa shape index (κ2) is 4.26. The van der Waals surface area contributed by atoms with E-state index in [4.69, 9.17) is 17.3 Å². The summed E-state index contributed by atoms with van der Waals surface area (Å²) < 4.78 is 2.18. The fourth-order valence-corrected chi connectivity index (χ4v) is 2.65. The third-order valence-corrected chi connectivity index (χ3v) is 3.41. The van der Waals surface area contributed by atoms with Gasteiger partial charge in [-0.25, -0.2) is 0 Å². The Labute approximate surface area is 110 Å². The first-order valence-electron chi connectivity index (χ1n) is 5.93. The highest BCUT2D eigenvalue weighted by Gasteiger charge is 2.10. The van der Waals surface area contributed by atoms with E-state index in [2.05, 4.69) is 21.8 Å². The Bertz CT molecular complexity index is 715. The minimum atomic E-state index is 0.119. The molecule has 0 amide bonds. The monoisotopic (exact) mass is 259 g/mol. The van der Waals surface area contributed by atoms with E-state index in [0.717, 1.165) is 27.7 Å². The van der Waals surface area contributed by atoms with Gasteiger partial charge in [-0.1, -0.05) is 11.6 Å². The predicted octanol–water partition coefficient (Wildman–Crippen LogP) is 3.19. The Kier molecular flexibility index (Phi) is 2.73. The van der Waals surface area contributed by atoms with Crippen molar-refractivity contribution in [1.82, 2.24) is 9.55 Å². The smallest absolute Gasteiger partial charge is 0.0562 e. The third kappa shape index (κ3) is 1.76. The predicted molar refractivity (Wildman–Crippen MR) is 75.9 cm³/mol. The first-order chi connectivity index (χ1) is 8.66. The fourth-order valence-electron chi connectivity index (χ4n) is 2.38. The first kappa shape index (κ1) is 11.5. The Hall–Kier alpha value is -1.58. The highest BCUT2D eigenvalue weighted by molar-refractivity contribution is 6.37. The third-order valence-electron chi connectivity index (χ3n) is 3.10. The van der Waals surface area contributed by atoms with Gasteiger partial charge in [0, 0.05) is 47.3 Å². The number of benzene rings is 1. The zero-order valence-electron chi connectivity index (χ0n) is 10.1. The molecule has 3 rings (SSSR count). The average molecular weight is 260 g/mol. The Morgan fingerprint density at radius 2 is 2.22 bits per heavy atom. The molecule has 0 saturated carbocycles. The van der Waals surface area contributed by atoms with Gasteiger partial charge in [-0.3, -0.25) is 4.98 Å². The fraction of sp³-hybridized carbons (Fsp3) is 0.214. The molecule has 18 heavy (non-hydrogen) atoms. The van der Waals surface area contributed by atoms with Crippen LogP contribution in [0.15, 0.2) is 36.8 Å². The number of nitrogens with two attached hydrogens (primary N) is 1. The van der Waals surface area contributed by atoms with Crippen LogP contribution >= 0.6 is 11.6 Å². The van der Waals surface area contributed by atoms with Crippen LogP contribution in [-0.4, -0.2) is 15.6 Å². The SMILES string of the molecule is CC(N)Cn1ccc2cc(Cl)c3cnccc3c21. The second-order valence-corrected chi connectivity index (χ2v) is 5.07. The van der Waals surface area contributed by atoms with Gasteiger partial charge in [-0.15, -0.1) is 0 Å². The van der Waals surface area contributed by atoms with E-state index in [1.54, 1.807) is 12.4 Å². The highest BCUT2D eigenvalue weighted by Crippen LogP contribution is 2.31. The summed E-state index contributed by atoms with van der Waals surface area (Å²) in [5, 5.41) is 3.98. The molecule has 3 nitrogen and oxygen atoms in total. The summed E-state index contributed by atoms with van der Waals surface area (Å²) in [6.07, 6.45) is 5.66. The van der Waals surface area contributed by atoms with Gasteiger partial charge in [0.05, 0.1) is 10.5 Å². The molecule has 0 aliphatic carbocycles. The molecule has 1 unspecified atom stereocenters. The number of hydrogen-bond acceptors (Lipinski definition) is 2. The van der Waals surface area contributed by atoms with Crippen LogP contribution < -0.4 is 5.73 Å². The van der Waals surface area contributed by atoms with Crippen molar-refractivity contribution < 1.29 is 0 Å². The van der Waals surface area contributed by atoms with E-state index >= 15 is 0 Å². The van der Waals surface area contributed by atoms with E-state index in [0.29, 0.717) is 0 Å². The van der Waals surface area contributed by atoms with Crippen LogP contribution in [0.3, 0.4) is 0 Å². The van der Waals surface area contributed by atoms with Gasteiger partial charge < -0.3 is 10.3 Å². The van der Waals surface area contributed by atoms with Crippen molar-refractivity contribution >= 4 is 33.3 Å². The molecule has 0 fully saturated rings. The van der Waals surface area contributed by atoms with Gasteiger partial charge in [0.25, 0.3) is 0 Å². The summed E-state index contributed by atoms with van der Waals surface area (Å²) in [5.74, 6) is 0. The standard InChI is InChI=1S/C14H14ClN3/c1-9(16)8-18-5-3-10-6-13(15)12-7-17-4-2-11(12)14(10)18/h2-7,9H,8,16H2,1H3. The van der Waals surface area contributed by atoms with Gasteiger partial charge in [-0.2, -0.15) is 0 Å². The molecule has 2 heterocycles. The first-order valence-corrected chi connectivity index (χ1v) is 6.31. The minimum absolute atomic E-state index is 0.119. The van der Waals surface area contributed by atoms with Crippen molar-refractivity contribution in [2.24, 2.45) is 5.73 Å². The molecule has 1 atom stereocenters. The van der Waals surface area contributed by atoms with E-state index < -0.39 is 0 Å². The Balaban J connectivity index is 2.39. The lowest BCUT2D eigenvalue weighted by Crippen LogP contribution is -2.21. The molecule has 0 spiro atoms. The lowest BCUT2D eigenvalue weighted by Gasteiger charge is -2.11. The number of halogens is 1. The summed E-state index contributed by atoms with van der Waals surface area (Å²) in [4.78, 5) is 4.14. The van der Waals surface area contributed by atoms with Crippen LogP contribution in [0, 0.1) is 0 Å². The average Bonchev–Trinajstić information content (AvgIpc) is 2.72. The van der Waals surface area contributed by atoms with Crippen molar-refractivity contribution in [2.45, 2.75) is 19.5 Å². The molecule has 0 bridgehead atoms. The van der Waals surface area contributed by atoms with Crippen molar-refractivity contribution in [3.05, 3.63) is 41.8 Å². The van der Waals surface area contributed by atoms with Gasteiger partial charge >= 0.3 is 0 Å². The lowest BCUT2D eigenvalue weighted by atomic mass is 10.1. The van der Waals surface area contributed by atoms with E-state index in [1.807, 2.05) is 19.1 Å². The number of fused-ring (bicyclic) bond motifs is 3. The molecular weight excluding hydrogens is 246 g/mol. The maximum Gasteiger partial charge on any atom is 0.0562 e. The van der Waals surface area contributed by atoms with Crippen LogP contribution in [0.1, 0.15) is 6.92 Å². The minimum Gasteiger partial charge on any atom is -0.345 e. The maximum atomic E-state index is 6.28. The van der Waals surface area contributed by atoms with Gasteiger partial charge in [0.15, 0.2) is 0 Å². The zero-order chi connectivity index (χ0) is 12.7. The van der Waals surface area contributed by atoms with Crippen molar-refractivity contribution in [1.29, 1.82) is 0 Å². The van der Waals surface area contributed by atoms with Crippen LogP contribution in [0.5, 0.6) is 0 Å². The van der Waals surface area contributed by atoms with E-state index in [-0.39, 0.29) is 6.04 Å². The van der Waals surface area contributed by atoms with Gasteiger partial charge in [0.1, 0.15) is 0 Å². The molecule has 0 saturated heterocycles. The van der Waals surface area contributed by atoms with Crippen molar-refractivity contribution in [3.8, 4) is 0 Å².